The molecule has 0 amide bonds. The molecule has 3 aromatic rings. The highest BCUT2D eigenvalue weighted by molar-refractivity contribution is 5.83. The standard InChI is InChI=1S/C22H21NO2/c1-17-11-12-22(24-2)21(13-17)23-15-19-9-6-10-20(14-19)25-16-18-7-4-3-5-8-18/h3-15H,16H2,1-2H3. The van der Waals surface area contributed by atoms with Crippen LogP contribution in [0.2, 0.25) is 0 Å². The van der Waals surface area contributed by atoms with Gasteiger partial charge in [0.25, 0.3) is 0 Å². The van der Waals surface area contributed by atoms with Crippen molar-refractivity contribution in [2.45, 2.75) is 13.5 Å². The molecule has 0 radical (unpaired) electrons. The number of methoxy groups -OCH3 is 1. The Labute approximate surface area is 148 Å². The van der Waals surface area contributed by atoms with Crippen LogP contribution in [0, 0.1) is 6.92 Å². The number of hydrogen-bond acceptors (Lipinski definition) is 3. The van der Waals surface area contributed by atoms with Gasteiger partial charge in [0.15, 0.2) is 0 Å². The van der Waals surface area contributed by atoms with E-state index >= 15 is 0 Å². The Morgan fingerprint density at radius 2 is 1.76 bits per heavy atom. The summed E-state index contributed by atoms with van der Waals surface area (Å²) in [4.78, 5) is 4.56. The van der Waals surface area contributed by atoms with Gasteiger partial charge in [0.05, 0.1) is 7.11 Å². The first-order valence-electron chi connectivity index (χ1n) is 8.20. The smallest absolute Gasteiger partial charge is 0.144 e. The highest BCUT2D eigenvalue weighted by Gasteiger charge is 2.01. The van der Waals surface area contributed by atoms with Crippen LogP contribution in [0.25, 0.3) is 0 Å². The average Bonchev–Trinajstić information content (AvgIpc) is 2.66. The van der Waals surface area contributed by atoms with Crippen molar-refractivity contribution in [1.82, 2.24) is 0 Å². The molecule has 0 bridgehead atoms. The molecule has 126 valence electrons. The number of benzene rings is 3. The third kappa shape index (κ3) is 4.70. The van der Waals surface area contributed by atoms with Crippen LogP contribution in [0.15, 0.2) is 77.8 Å². The van der Waals surface area contributed by atoms with Gasteiger partial charge in [-0.2, -0.15) is 0 Å². The zero-order chi connectivity index (χ0) is 17.5. The van der Waals surface area contributed by atoms with Crippen LogP contribution in [0.4, 0.5) is 5.69 Å². The molecule has 0 aliphatic carbocycles. The molecule has 0 saturated carbocycles. The Kier molecular flexibility index (Phi) is 5.47. The molecule has 0 heterocycles. The van der Waals surface area contributed by atoms with E-state index in [9.17, 15) is 0 Å². The summed E-state index contributed by atoms with van der Waals surface area (Å²) < 4.78 is 11.2. The molecule has 0 fully saturated rings. The lowest BCUT2D eigenvalue weighted by molar-refractivity contribution is 0.306. The molecule has 3 aromatic carbocycles. The molecule has 0 saturated heterocycles. The molecule has 0 aliphatic rings. The van der Waals surface area contributed by atoms with Gasteiger partial charge in [-0.3, -0.25) is 4.99 Å². The van der Waals surface area contributed by atoms with Gasteiger partial charge in [-0.05, 0) is 47.9 Å². The molecule has 3 nitrogen and oxygen atoms in total. The van der Waals surface area contributed by atoms with Crippen molar-refractivity contribution in [1.29, 1.82) is 0 Å². The lowest BCUT2D eigenvalue weighted by atomic mass is 10.2. The average molecular weight is 331 g/mol. The second-order valence-electron chi connectivity index (χ2n) is 5.78. The van der Waals surface area contributed by atoms with Crippen molar-refractivity contribution < 1.29 is 9.47 Å². The predicted molar refractivity (Wildman–Crippen MR) is 102 cm³/mol. The van der Waals surface area contributed by atoms with Crippen molar-refractivity contribution in [2.75, 3.05) is 7.11 Å². The van der Waals surface area contributed by atoms with Crippen molar-refractivity contribution in [3.63, 3.8) is 0 Å². The van der Waals surface area contributed by atoms with E-state index in [1.807, 2.05) is 73.8 Å². The highest BCUT2D eigenvalue weighted by atomic mass is 16.5. The van der Waals surface area contributed by atoms with E-state index in [2.05, 4.69) is 17.1 Å². The Balaban J connectivity index is 1.72. The summed E-state index contributed by atoms with van der Waals surface area (Å²) in [6.07, 6.45) is 1.83. The van der Waals surface area contributed by atoms with E-state index in [0.717, 1.165) is 33.9 Å². The zero-order valence-electron chi connectivity index (χ0n) is 14.5. The van der Waals surface area contributed by atoms with Gasteiger partial charge in [-0.25, -0.2) is 0 Å². The number of aryl methyl sites for hydroxylation is 1. The normalized spacial score (nSPS) is 10.8. The fourth-order valence-electron chi connectivity index (χ4n) is 2.47. The van der Waals surface area contributed by atoms with E-state index in [0.29, 0.717) is 6.61 Å². The van der Waals surface area contributed by atoms with E-state index in [4.69, 9.17) is 9.47 Å². The monoisotopic (exact) mass is 331 g/mol. The third-order valence-corrected chi connectivity index (χ3v) is 3.79. The van der Waals surface area contributed by atoms with Crippen molar-refractivity contribution in [3.05, 3.63) is 89.5 Å². The zero-order valence-corrected chi connectivity index (χ0v) is 14.5. The molecule has 0 aromatic heterocycles. The van der Waals surface area contributed by atoms with Crippen LogP contribution >= 0.6 is 0 Å². The van der Waals surface area contributed by atoms with Gasteiger partial charge in [-0.1, -0.05) is 48.5 Å². The first-order valence-corrected chi connectivity index (χ1v) is 8.20. The van der Waals surface area contributed by atoms with E-state index in [1.165, 1.54) is 0 Å². The molecule has 25 heavy (non-hydrogen) atoms. The van der Waals surface area contributed by atoms with Crippen LogP contribution in [0.5, 0.6) is 11.5 Å². The highest BCUT2D eigenvalue weighted by Crippen LogP contribution is 2.28. The topological polar surface area (TPSA) is 30.8 Å². The molecular weight excluding hydrogens is 310 g/mol. The van der Waals surface area contributed by atoms with Crippen LogP contribution < -0.4 is 9.47 Å². The summed E-state index contributed by atoms with van der Waals surface area (Å²) in [7, 11) is 1.65. The summed E-state index contributed by atoms with van der Waals surface area (Å²) in [5.74, 6) is 1.59. The van der Waals surface area contributed by atoms with Crippen molar-refractivity contribution in [3.8, 4) is 11.5 Å². The number of hydrogen-bond donors (Lipinski definition) is 0. The van der Waals surface area contributed by atoms with Gasteiger partial charge in [0.2, 0.25) is 0 Å². The maximum atomic E-state index is 5.86. The summed E-state index contributed by atoms with van der Waals surface area (Å²) in [6, 6.07) is 24.0. The quantitative estimate of drug-likeness (QED) is 0.571. The van der Waals surface area contributed by atoms with Gasteiger partial charge in [0, 0.05) is 6.21 Å². The molecule has 0 N–H and O–H groups in total. The molecule has 0 aliphatic heterocycles. The largest absolute Gasteiger partial charge is 0.494 e. The molecule has 0 unspecified atom stereocenters. The van der Waals surface area contributed by atoms with Crippen LogP contribution in [-0.2, 0) is 6.61 Å². The molecule has 3 rings (SSSR count). The van der Waals surface area contributed by atoms with Gasteiger partial charge >= 0.3 is 0 Å². The Morgan fingerprint density at radius 1 is 0.920 bits per heavy atom. The lowest BCUT2D eigenvalue weighted by Crippen LogP contribution is -1.95. The number of rotatable bonds is 6. The van der Waals surface area contributed by atoms with Crippen molar-refractivity contribution in [2.24, 2.45) is 4.99 Å². The second kappa shape index (κ2) is 8.15. The second-order valence-corrected chi connectivity index (χ2v) is 5.78. The SMILES string of the molecule is COc1ccc(C)cc1N=Cc1cccc(OCc2ccccc2)c1. The van der Waals surface area contributed by atoms with E-state index < -0.39 is 0 Å². The number of nitrogens with zero attached hydrogens (tertiary/aromatic N) is 1. The maximum absolute atomic E-state index is 5.86. The van der Waals surface area contributed by atoms with Gasteiger partial charge < -0.3 is 9.47 Å². The predicted octanol–water partition coefficient (Wildman–Crippen LogP) is 5.33. The fraction of sp³-hybridized carbons (Fsp3) is 0.136. The van der Waals surface area contributed by atoms with Crippen molar-refractivity contribution >= 4 is 11.9 Å². The Hall–Kier alpha value is -3.07. The summed E-state index contributed by atoms with van der Waals surface area (Å²) in [6.45, 7) is 2.59. The summed E-state index contributed by atoms with van der Waals surface area (Å²) in [5, 5.41) is 0. The summed E-state index contributed by atoms with van der Waals surface area (Å²) in [5.41, 5.74) is 4.09. The first-order chi connectivity index (χ1) is 12.2. The van der Waals surface area contributed by atoms with Crippen LogP contribution in [0.3, 0.4) is 0 Å². The number of ether oxygens (including phenoxy) is 2. The maximum Gasteiger partial charge on any atom is 0.144 e. The van der Waals surface area contributed by atoms with Crippen LogP contribution in [-0.4, -0.2) is 13.3 Å². The molecular formula is C22H21NO2. The minimum atomic E-state index is 0.549. The molecule has 0 atom stereocenters. The molecule has 3 heteroatoms. The Morgan fingerprint density at radius 3 is 2.56 bits per heavy atom. The number of aliphatic imine (C=N–C) groups is 1. The fourth-order valence-corrected chi connectivity index (χ4v) is 2.47. The van der Waals surface area contributed by atoms with Gasteiger partial charge in [0.1, 0.15) is 23.8 Å². The third-order valence-electron chi connectivity index (χ3n) is 3.79. The van der Waals surface area contributed by atoms with Crippen LogP contribution in [0.1, 0.15) is 16.7 Å². The van der Waals surface area contributed by atoms with E-state index in [-0.39, 0.29) is 0 Å². The van der Waals surface area contributed by atoms with Gasteiger partial charge in [-0.15, -0.1) is 0 Å². The minimum Gasteiger partial charge on any atom is -0.494 e. The minimum absolute atomic E-state index is 0.549. The molecule has 0 spiro atoms. The van der Waals surface area contributed by atoms with E-state index in [1.54, 1.807) is 7.11 Å². The lowest BCUT2D eigenvalue weighted by Gasteiger charge is -2.07. The summed E-state index contributed by atoms with van der Waals surface area (Å²) >= 11 is 0. The first kappa shape index (κ1) is 16.8. The Bertz CT molecular complexity index is 857.